The van der Waals surface area contributed by atoms with Crippen molar-refractivity contribution in [1.82, 2.24) is 14.9 Å². The van der Waals surface area contributed by atoms with Crippen molar-refractivity contribution in [1.29, 1.82) is 0 Å². The number of amides is 1. The highest BCUT2D eigenvalue weighted by Gasteiger charge is 2.11. The summed E-state index contributed by atoms with van der Waals surface area (Å²) in [4.78, 5) is 22.6. The van der Waals surface area contributed by atoms with Crippen LogP contribution in [-0.2, 0) is 17.6 Å². The minimum Gasteiger partial charge on any atom is -0.345 e. The summed E-state index contributed by atoms with van der Waals surface area (Å²) in [6.07, 6.45) is 5.38. The fraction of sp³-hybridized carbons (Fsp3) is 0.250. The van der Waals surface area contributed by atoms with E-state index in [0.29, 0.717) is 19.4 Å². The number of pyridine rings is 1. The van der Waals surface area contributed by atoms with E-state index in [2.05, 4.69) is 9.97 Å². The number of thiazole rings is 1. The highest BCUT2D eigenvalue weighted by Crippen LogP contribution is 2.24. The Labute approximate surface area is 156 Å². The van der Waals surface area contributed by atoms with Crippen molar-refractivity contribution in [2.75, 3.05) is 13.6 Å². The van der Waals surface area contributed by atoms with E-state index in [1.165, 1.54) is 29.0 Å². The third-order valence-electron chi connectivity index (χ3n) is 4.15. The van der Waals surface area contributed by atoms with Crippen LogP contribution in [0.25, 0.3) is 10.6 Å². The van der Waals surface area contributed by atoms with Gasteiger partial charge in [0.2, 0.25) is 5.91 Å². The number of nitrogens with zero attached hydrogens (tertiary/aromatic N) is 3. The molecule has 1 aromatic carbocycles. The molecule has 6 heteroatoms. The third kappa shape index (κ3) is 4.95. The first-order valence-electron chi connectivity index (χ1n) is 8.45. The summed E-state index contributed by atoms with van der Waals surface area (Å²) in [6.45, 7) is 0.681. The van der Waals surface area contributed by atoms with E-state index in [1.54, 1.807) is 29.4 Å². The van der Waals surface area contributed by atoms with E-state index in [0.717, 1.165) is 22.7 Å². The summed E-state index contributed by atoms with van der Waals surface area (Å²) in [5.41, 5.74) is 2.96. The van der Waals surface area contributed by atoms with Crippen molar-refractivity contribution in [2.45, 2.75) is 19.3 Å². The van der Waals surface area contributed by atoms with Crippen molar-refractivity contribution < 1.29 is 9.18 Å². The van der Waals surface area contributed by atoms with Crippen molar-refractivity contribution in [3.8, 4) is 10.6 Å². The van der Waals surface area contributed by atoms with Gasteiger partial charge in [-0.2, -0.15) is 0 Å². The number of hydrogen-bond acceptors (Lipinski definition) is 4. The smallest absolute Gasteiger partial charge is 0.222 e. The molecule has 3 aromatic rings. The molecule has 26 heavy (non-hydrogen) atoms. The Morgan fingerprint density at radius 3 is 2.58 bits per heavy atom. The van der Waals surface area contributed by atoms with Crippen LogP contribution in [-0.4, -0.2) is 34.4 Å². The van der Waals surface area contributed by atoms with E-state index >= 15 is 0 Å². The molecule has 0 fully saturated rings. The average Bonchev–Trinajstić information content (AvgIpc) is 3.14. The van der Waals surface area contributed by atoms with E-state index in [1.807, 2.05) is 24.6 Å². The number of aromatic nitrogens is 2. The van der Waals surface area contributed by atoms with Gasteiger partial charge in [-0.05, 0) is 54.8 Å². The minimum atomic E-state index is -0.258. The second kappa shape index (κ2) is 8.67. The highest BCUT2D eigenvalue weighted by molar-refractivity contribution is 7.13. The zero-order valence-electron chi connectivity index (χ0n) is 14.6. The number of carbonyl (C=O) groups excluding carboxylic acids is 1. The van der Waals surface area contributed by atoms with E-state index < -0.39 is 0 Å². The Balaban J connectivity index is 1.49. The predicted octanol–water partition coefficient (Wildman–Crippen LogP) is 3.98. The first-order chi connectivity index (χ1) is 12.6. The largest absolute Gasteiger partial charge is 0.345 e. The van der Waals surface area contributed by atoms with Gasteiger partial charge in [-0.25, -0.2) is 9.37 Å². The van der Waals surface area contributed by atoms with E-state index in [-0.39, 0.29) is 11.7 Å². The standard InChI is InChI=1S/C20H20FN3OS/c1-24(13-10-15-8-11-22-12-9-15)19(25)7-6-18-14-26-20(23-18)16-2-4-17(21)5-3-16/h2-5,8-9,11-12,14H,6-7,10,13H2,1H3. The van der Waals surface area contributed by atoms with Crippen LogP contribution in [0.1, 0.15) is 17.7 Å². The molecule has 0 saturated carbocycles. The van der Waals surface area contributed by atoms with Crippen molar-refractivity contribution in [3.05, 3.63) is 71.2 Å². The van der Waals surface area contributed by atoms with Crippen LogP contribution in [0, 0.1) is 5.82 Å². The van der Waals surface area contributed by atoms with Crippen LogP contribution < -0.4 is 0 Å². The number of carbonyl (C=O) groups is 1. The van der Waals surface area contributed by atoms with Gasteiger partial charge in [0.15, 0.2) is 0 Å². The molecule has 0 spiro atoms. The first kappa shape index (κ1) is 18.2. The van der Waals surface area contributed by atoms with Gasteiger partial charge in [-0.15, -0.1) is 11.3 Å². The van der Waals surface area contributed by atoms with Crippen LogP contribution in [0.2, 0.25) is 0 Å². The zero-order valence-corrected chi connectivity index (χ0v) is 15.4. The molecule has 4 nitrogen and oxygen atoms in total. The second-order valence-corrected chi connectivity index (χ2v) is 6.93. The Hall–Kier alpha value is -2.60. The average molecular weight is 369 g/mol. The molecule has 2 heterocycles. The van der Waals surface area contributed by atoms with Crippen molar-refractivity contribution in [3.63, 3.8) is 0 Å². The molecule has 1 amide bonds. The molecule has 134 valence electrons. The van der Waals surface area contributed by atoms with Crippen molar-refractivity contribution in [2.24, 2.45) is 0 Å². The maximum atomic E-state index is 13.0. The Morgan fingerprint density at radius 1 is 1.12 bits per heavy atom. The molecular weight excluding hydrogens is 349 g/mol. The van der Waals surface area contributed by atoms with Gasteiger partial charge in [0, 0.05) is 43.4 Å². The number of aryl methyl sites for hydroxylation is 1. The van der Waals surface area contributed by atoms with Crippen LogP contribution in [0.4, 0.5) is 4.39 Å². The Bertz CT molecular complexity index is 849. The van der Waals surface area contributed by atoms with Gasteiger partial charge in [-0.1, -0.05) is 0 Å². The first-order valence-corrected chi connectivity index (χ1v) is 9.33. The Kier molecular flexibility index (Phi) is 6.07. The summed E-state index contributed by atoms with van der Waals surface area (Å²) < 4.78 is 13.0. The lowest BCUT2D eigenvalue weighted by Gasteiger charge is -2.16. The molecule has 0 aliphatic carbocycles. The molecule has 0 aliphatic heterocycles. The lowest BCUT2D eigenvalue weighted by molar-refractivity contribution is -0.129. The molecule has 0 aliphatic rings. The molecule has 3 rings (SSSR count). The summed E-state index contributed by atoms with van der Waals surface area (Å²) in [5, 5.41) is 2.81. The van der Waals surface area contributed by atoms with E-state index in [9.17, 15) is 9.18 Å². The molecule has 0 N–H and O–H groups in total. The van der Waals surface area contributed by atoms with Gasteiger partial charge in [0.1, 0.15) is 10.8 Å². The summed E-state index contributed by atoms with van der Waals surface area (Å²) in [5.74, 6) is -0.152. The highest BCUT2D eigenvalue weighted by atomic mass is 32.1. The number of hydrogen-bond donors (Lipinski definition) is 0. The maximum Gasteiger partial charge on any atom is 0.222 e. The maximum absolute atomic E-state index is 13.0. The molecule has 2 aromatic heterocycles. The Morgan fingerprint density at radius 2 is 1.85 bits per heavy atom. The van der Waals surface area contributed by atoms with Gasteiger partial charge in [0.25, 0.3) is 0 Å². The molecule has 0 bridgehead atoms. The molecule has 0 unspecified atom stereocenters. The number of rotatable bonds is 7. The minimum absolute atomic E-state index is 0.107. The summed E-state index contributed by atoms with van der Waals surface area (Å²) in [6, 6.07) is 10.2. The van der Waals surface area contributed by atoms with Gasteiger partial charge >= 0.3 is 0 Å². The summed E-state index contributed by atoms with van der Waals surface area (Å²) in [7, 11) is 1.83. The fourth-order valence-corrected chi connectivity index (χ4v) is 3.40. The van der Waals surface area contributed by atoms with Gasteiger partial charge < -0.3 is 4.90 Å². The number of halogens is 1. The number of likely N-dealkylation sites (N-methyl/N-ethyl adjacent to an activating group) is 1. The second-order valence-electron chi connectivity index (χ2n) is 6.07. The van der Waals surface area contributed by atoms with Crippen LogP contribution >= 0.6 is 11.3 Å². The van der Waals surface area contributed by atoms with Crippen LogP contribution in [0.5, 0.6) is 0 Å². The molecular formula is C20H20FN3OS. The lowest BCUT2D eigenvalue weighted by atomic mass is 10.2. The lowest BCUT2D eigenvalue weighted by Crippen LogP contribution is -2.29. The predicted molar refractivity (Wildman–Crippen MR) is 101 cm³/mol. The third-order valence-corrected chi connectivity index (χ3v) is 5.09. The van der Waals surface area contributed by atoms with Gasteiger partial charge in [0.05, 0.1) is 5.69 Å². The quantitative estimate of drug-likeness (QED) is 0.633. The van der Waals surface area contributed by atoms with Crippen LogP contribution in [0.15, 0.2) is 54.2 Å². The normalized spacial score (nSPS) is 10.7. The summed E-state index contributed by atoms with van der Waals surface area (Å²) >= 11 is 1.51. The van der Waals surface area contributed by atoms with Crippen molar-refractivity contribution >= 4 is 17.2 Å². The topological polar surface area (TPSA) is 46.1 Å². The number of benzene rings is 1. The molecule has 0 saturated heterocycles. The molecule has 0 radical (unpaired) electrons. The molecule has 0 atom stereocenters. The SMILES string of the molecule is CN(CCc1ccncc1)C(=O)CCc1csc(-c2ccc(F)cc2)n1. The van der Waals surface area contributed by atoms with Gasteiger partial charge in [-0.3, -0.25) is 9.78 Å². The van der Waals surface area contributed by atoms with E-state index in [4.69, 9.17) is 0 Å². The van der Waals surface area contributed by atoms with Crippen LogP contribution in [0.3, 0.4) is 0 Å². The zero-order chi connectivity index (χ0) is 18.4. The fourth-order valence-electron chi connectivity index (χ4n) is 2.54. The monoisotopic (exact) mass is 369 g/mol.